The molecule has 0 bridgehead atoms. The summed E-state index contributed by atoms with van der Waals surface area (Å²) in [6.45, 7) is 1.75. The zero-order chi connectivity index (χ0) is 20.1. The fraction of sp³-hybridized carbons (Fsp3) is 0.286. The normalized spacial score (nSPS) is 16.0. The summed E-state index contributed by atoms with van der Waals surface area (Å²) in [5.74, 6) is -1.11. The first kappa shape index (κ1) is 19.4. The van der Waals surface area contributed by atoms with Crippen molar-refractivity contribution in [3.63, 3.8) is 0 Å². The van der Waals surface area contributed by atoms with Crippen LogP contribution in [0.1, 0.15) is 12.0 Å². The summed E-state index contributed by atoms with van der Waals surface area (Å²) in [5.41, 5.74) is 2.29. The minimum Gasteiger partial charge on any atom is -0.497 e. The lowest BCUT2D eigenvalue weighted by molar-refractivity contribution is -0.151. The highest BCUT2D eigenvalue weighted by Crippen LogP contribution is 2.28. The minimum absolute atomic E-state index is 0.0741. The van der Waals surface area contributed by atoms with Gasteiger partial charge in [0.15, 0.2) is 6.61 Å². The second kappa shape index (κ2) is 8.56. The van der Waals surface area contributed by atoms with Crippen LogP contribution in [0.3, 0.4) is 0 Å². The number of carbonyl (C=O) groups excluding carboxylic acids is 3. The van der Waals surface area contributed by atoms with Crippen molar-refractivity contribution in [3.8, 4) is 5.75 Å². The van der Waals surface area contributed by atoms with E-state index < -0.39 is 24.4 Å². The molecule has 1 atom stereocenters. The number of amides is 2. The first-order chi connectivity index (χ1) is 13.5. The number of esters is 1. The van der Waals surface area contributed by atoms with Crippen molar-refractivity contribution in [2.45, 2.75) is 13.3 Å². The molecular formula is C21H22N2O5. The van der Waals surface area contributed by atoms with E-state index in [1.54, 1.807) is 29.2 Å². The van der Waals surface area contributed by atoms with E-state index in [2.05, 4.69) is 5.32 Å². The molecule has 146 valence electrons. The standard InChI is InChI=1S/C21H22N2O5/c1-14-6-3-4-9-18(14)23-12-15(10-20(23)25)21(26)28-13-19(24)22-16-7-5-8-17(11-16)27-2/h3-9,11,15H,10,12-13H2,1-2H3,(H,22,24)/t15-/m1/s1. The van der Waals surface area contributed by atoms with Gasteiger partial charge in [-0.15, -0.1) is 0 Å². The first-order valence-electron chi connectivity index (χ1n) is 8.94. The molecule has 1 saturated heterocycles. The third kappa shape index (κ3) is 4.49. The summed E-state index contributed by atoms with van der Waals surface area (Å²) in [4.78, 5) is 38.2. The number of rotatable bonds is 6. The van der Waals surface area contributed by atoms with Gasteiger partial charge in [0.25, 0.3) is 5.91 Å². The van der Waals surface area contributed by atoms with Crippen LogP contribution in [-0.2, 0) is 19.1 Å². The van der Waals surface area contributed by atoms with Gasteiger partial charge in [-0.1, -0.05) is 24.3 Å². The lowest BCUT2D eigenvalue weighted by Gasteiger charge is -2.18. The van der Waals surface area contributed by atoms with Crippen molar-refractivity contribution in [2.75, 3.05) is 30.5 Å². The van der Waals surface area contributed by atoms with E-state index in [4.69, 9.17) is 9.47 Å². The monoisotopic (exact) mass is 382 g/mol. The highest BCUT2D eigenvalue weighted by atomic mass is 16.5. The lowest BCUT2D eigenvalue weighted by Crippen LogP contribution is -2.28. The third-order valence-corrected chi connectivity index (χ3v) is 4.56. The molecule has 1 aliphatic heterocycles. The molecule has 0 unspecified atom stereocenters. The Labute approximate surface area is 163 Å². The Balaban J connectivity index is 1.53. The van der Waals surface area contributed by atoms with E-state index >= 15 is 0 Å². The number of nitrogens with one attached hydrogen (secondary N) is 1. The molecule has 0 radical (unpaired) electrons. The average molecular weight is 382 g/mol. The zero-order valence-electron chi connectivity index (χ0n) is 15.8. The molecule has 2 amide bonds. The van der Waals surface area contributed by atoms with Crippen molar-refractivity contribution >= 4 is 29.2 Å². The molecule has 0 spiro atoms. The Bertz CT molecular complexity index is 896. The average Bonchev–Trinajstić information content (AvgIpc) is 3.08. The van der Waals surface area contributed by atoms with Gasteiger partial charge >= 0.3 is 5.97 Å². The Morgan fingerprint density at radius 1 is 1.18 bits per heavy atom. The van der Waals surface area contributed by atoms with Crippen molar-refractivity contribution in [1.29, 1.82) is 0 Å². The van der Waals surface area contributed by atoms with Crippen molar-refractivity contribution < 1.29 is 23.9 Å². The van der Waals surface area contributed by atoms with Crippen LogP contribution in [0.4, 0.5) is 11.4 Å². The van der Waals surface area contributed by atoms with Gasteiger partial charge in [-0.3, -0.25) is 14.4 Å². The quantitative estimate of drug-likeness (QED) is 0.776. The van der Waals surface area contributed by atoms with Crippen molar-refractivity contribution in [2.24, 2.45) is 5.92 Å². The number of nitrogens with zero attached hydrogens (tertiary/aromatic N) is 1. The van der Waals surface area contributed by atoms with Crippen LogP contribution in [-0.4, -0.2) is 38.0 Å². The molecule has 28 heavy (non-hydrogen) atoms. The molecule has 2 aromatic carbocycles. The molecule has 1 N–H and O–H groups in total. The van der Waals surface area contributed by atoms with Gasteiger partial charge in [0.05, 0.1) is 13.0 Å². The molecule has 0 saturated carbocycles. The molecule has 1 aliphatic rings. The van der Waals surface area contributed by atoms with Gasteiger partial charge < -0.3 is 19.7 Å². The summed E-state index contributed by atoms with van der Waals surface area (Å²) < 4.78 is 10.2. The van der Waals surface area contributed by atoms with E-state index in [1.807, 2.05) is 31.2 Å². The van der Waals surface area contributed by atoms with E-state index in [1.165, 1.54) is 7.11 Å². The largest absolute Gasteiger partial charge is 0.497 e. The van der Waals surface area contributed by atoms with Crippen molar-refractivity contribution in [1.82, 2.24) is 0 Å². The summed E-state index contributed by atoms with van der Waals surface area (Å²) in [6.07, 6.45) is 0.0741. The Hall–Kier alpha value is -3.35. The van der Waals surface area contributed by atoms with Crippen molar-refractivity contribution in [3.05, 3.63) is 54.1 Å². The van der Waals surface area contributed by atoms with Crippen LogP contribution in [0.5, 0.6) is 5.75 Å². The van der Waals surface area contributed by atoms with Crippen LogP contribution >= 0.6 is 0 Å². The smallest absolute Gasteiger partial charge is 0.311 e. The summed E-state index contributed by atoms with van der Waals surface area (Å²) in [5, 5.41) is 2.64. The molecule has 2 aromatic rings. The highest BCUT2D eigenvalue weighted by Gasteiger charge is 2.36. The van der Waals surface area contributed by atoms with Gasteiger partial charge in [0, 0.05) is 30.4 Å². The van der Waals surface area contributed by atoms with Crippen LogP contribution in [0.15, 0.2) is 48.5 Å². The third-order valence-electron chi connectivity index (χ3n) is 4.56. The zero-order valence-corrected chi connectivity index (χ0v) is 15.8. The molecule has 0 aliphatic carbocycles. The second-order valence-corrected chi connectivity index (χ2v) is 6.58. The fourth-order valence-corrected chi connectivity index (χ4v) is 3.12. The Morgan fingerprint density at radius 2 is 1.96 bits per heavy atom. The number of methoxy groups -OCH3 is 1. The highest BCUT2D eigenvalue weighted by molar-refractivity contribution is 6.00. The van der Waals surface area contributed by atoms with Gasteiger partial charge in [0.1, 0.15) is 5.75 Å². The molecule has 7 heteroatoms. The van der Waals surface area contributed by atoms with E-state index in [-0.39, 0.29) is 18.9 Å². The molecule has 3 rings (SSSR count). The number of aryl methyl sites for hydroxylation is 1. The number of benzene rings is 2. The van der Waals surface area contributed by atoms with Gasteiger partial charge in [0.2, 0.25) is 5.91 Å². The van der Waals surface area contributed by atoms with E-state index in [0.29, 0.717) is 11.4 Å². The number of hydrogen-bond donors (Lipinski definition) is 1. The maximum absolute atomic E-state index is 12.3. The number of ether oxygens (including phenoxy) is 2. The topological polar surface area (TPSA) is 84.9 Å². The fourth-order valence-electron chi connectivity index (χ4n) is 3.12. The predicted molar refractivity (Wildman–Crippen MR) is 104 cm³/mol. The van der Waals surface area contributed by atoms with Crippen LogP contribution < -0.4 is 15.0 Å². The molecule has 1 heterocycles. The van der Waals surface area contributed by atoms with Crippen LogP contribution in [0.25, 0.3) is 0 Å². The van der Waals surface area contributed by atoms with E-state index in [0.717, 1.165) is 11.3 Å². The summed E-state index contributed by atoms with van der Waals surface area (Å²) in [6, 6.07) is 14.4. The number of hydrogen-bond acceptors (Lipinski definition) is 5. The lowest BCUT2D eigenvalue weighted by atomic mass is 10.1. The van der Waals surface area contributed by atoms with Crippen LogP contribution in [0.2, 0.25) is 0 Å². The molecular weight excluding hydrogens is 360 g/mol. The van der Waals surface area contributed by atoms with Crippen LogP contribution in [0, 0.1) is 12.8 Å². The van der Waals surface area contributed by atoms with Gasteiger partial charge in [-0.25, -0.2) is 0 Å². The Kier molecular flexibility index (Phi) is 5.93. The molecule has 1 fully saturated rings. The number of carbonyl (C=O) groups is 3. The maximum Gasteiger partial charge on any atom is 0.311 e. The number of anilines is 2. The molecule has 7 nitrogen and oxygen atoms in total. The van der Waals surface area contributed by atoms with E-state index in [9.17, 15) is 14.4 Å². The Morgan fingerprint density at radius 3 is 2.71 bits per heavy atom. The van der Waals surface area contributed by atoms with Gasteiger partial charge in [-0.05, 0) is 30.7 Å². The first-order valence-corrected chi connectivity index (χ1v) is 8.94. The second-order valence-electron chi connectivity index (χ2n) is 6.58. The SMILES string of the molecule is COc1cccc(NC(=O)COC(=O)[C@@H]2CC(=O)N(c3ccccc3C)C2)c1. The summed E-state index contributed by atoms with van der Waals surface area (Å²) >= 11 is 0. The molecule has 0 aromatic heterocycles. The number of para-hydroxylation sites is 1. The van der Waals surface area contributed by atoms with Gasteiger partial charge in [-0.2, -0.15) is 0 Å². The predicted octanol–water partition coefficient (Wildman–Crippen LogP) is 2.54. The minimum atomic E-state index is -0.586. The summed E-state index contributed by atoms with van der Waals surface area (Å²) in [7, 11) is 1.53. The maximum atomic E-state index is 12.3.